The van der Waals surface area contributed by atoms with Crippen molar-refractivity contribution in [3.8, 4) is 0 Å². The van der Waals surface area contributed by atoms with Gasteiger partial charge in [0, 0.05) is 24.1 Å². The minimum absolute atomic E-state index is 0.0173. The van der Waals surface area contributed by atoms with E-state index in [9.17, 15) is 38.8 Å². The summed E-state index contributed by atoms with van der Waals surface area (Å²) in [5.41, 5.74) is 0.207. The molecule has 3 aromatic rings. The molecule has 2 aromatic carbocycles. The molecular formula is C20H18F5N5O6S2. The van der Waals surface area contributed by atoms with Crippen molar-refractivity contribution >= 4 is 48.8 Å². The van der Waals surface area contributed by atoms with Crippen LogP contribution in [0, 0.1) is 11.6 Å². The zero-order chi connectivity index (χ0) is 28.9. The number of benzene rings is 2. The number of carbonyl (C=O) groups is 1. The minimum Gasteiger partial charge on any atom is -0.475 e. The van der Waals surface area contributed by atoms with Crippen molar-refractivity contribution in [1.29, 1.82) is 0 Å². The molecule has 0 saturated carbocycles. The molecule has 3 rings (SSSR count). The van der Waals surface area contributed by atoms with Crippen LogP contribution in [0.3, 0.4) is 0 Å². The number of nitrogens with one attached hydrogen (secondary N) is 3. The van der Waals surface area contributed by atoms with Gasteiger partial charge >= 0.3 is 12.1 Å². The highest BCUT2D eigenvalue weighted by Crippen LogP contribution is 2.28. The molecule has 0 spiro atoms. The van der Waals surface area contributed by atoms with Crippen molar-refractivity contribution in [2.24, 2.45) is 0 Å². The lowest BCUT2D eigenvalue weighted by Crippen LogP contribution is -2.21. The van der Waals surface area contributed by atoms with Gasteiger partial charge in [0.2, 0.25) is 10.0 Å². The molecule has 0 saturated heterocycles. The number of hydrogen-bond acceptors (Lipinski definition) is 9. The number of carboxylic acid groups (broad SMARTS) is 1. The molecule has 0 amide bonds. The number of carboxylic acids is 1. The Morgan fingerprint density at radius 1 is 0.895 bits per heavy atom. The lowest BCUT2D eigenvalue weighted by atomic mass is 10.3. The normalized spacial score (nSPS) is 11.8. The van der Waals surface area contributed by atoms with E-state index in [2.05, 4.69) is 25.3 Å². The first-order valence-corrected chi connectivity index (χ1v) is 13.2. The molecule has 206 valence electrons. The first-order chi connectivity index (χ1) is 17.4. The smallest absolute Gasteiger partial charge is 0.475 e. The fraction of sp³-hybridized carbons (Fsp3) is 0.150. The number of anilines is 4. The number of sulfonamides is 1. The summed E-state index contributed by atoms with van der Waals surface area (Å²) in [6, 6.07) is 8.08. The summed E-state index contributed by atoms with van der Waals surface area (Å²) in [7, 11) is -6.30. The second kappa shape index (κ2) is 11.7. The van der Waals surface area contributed by atoms with E-state index in [1.807, 2.05) is 0 Å². The quantitative estimate of drug-likeness (QED) is 0.303. The van der Waals surface area contributed by atoms with Crippen molar-refractivity contribution in [2.75, 3.05) is 23.9 Å². The van der Waals surface area contributed by atoms with Crippen molar-refractivity contribution in [3.63, 3.8) is 0 Å². The Morgan fingerprint density at radius 3 is 1.97 bits per heavy atom. The fourth-order valence-corrected chi connectivity index (χ4v) is 4.15. The van der Waals surface area contributed by atoms with E-state index >= 15 is 0 Å². The van der Waals surface area contributed by atoms with Crippen molar-refractivity contribution in [1.82, 2.24) is 14.7 Å². The van der Waals surface area contributed by atoms with E-state index in [0.717, 1.165) is 30.8 Å². The molecular weight excluding hydrogens is 565 g/mol. The third kappa shape index (κ3) is 8.32. The van der Waals surface area contributed by atoms with Gasteiger partial charge in [-0.25, -0.2) is 45.1 Å². The number of sulfone groups is 1. The van der Waals surface area contributed by atoms with Crippen molar-refractivity contribution in [2.45, 2.75) is 16.0 Å². The SMILES string of the molecule is CNS(=O)(=O)c1ccc(S(C)(=O)=O)c(Nc2cc(Nc3ccc(F)c(F)c3)ncn2)c1.O=C(O)C(F)(F)F. The molecule has 0 aliphatic heterocycles. The fourth-order valence-electron chi connectivity index (χ4n) is 2.57. The second-order valence-corrected chi connectivity index (χ2v) is 11.0. The number of aliphatic carboxylic acids is 1. The minimum atomic E-state index is -5.08. The van der Waals surface area contributed by atoms with Crippen LogP contribution in [0.15, 0.2) is 58.6 Å². The van der Waals surface area contributed by atoms with Gasteiger partial charge in [0.25, 0.3) is 0 Å². The van der Waals surface area contributed by atoms with Crippen LogP contribution in [0.25, 0.3) is 0 Å². The van der Waals surface area contributed by atoms with Crippen molar-refractivity contribution < 1.29 is 48.7 Å². The van der Waals surface area contributed by atoms with E-state index in [4.69, 9.17) is 9.90 Å². The molecule has 0 fully saturated rings. The highest BCUT2D eigenvalue weighted by molar-refractivity contribution is 7.91. The molecule has 4 N–H and O–H groups in total. The van der Waals surface area contributed by atoms with E-state index in [1.54, 1.807) is 0 Å². The number of hydrogen-bond donors (Lipinski definition) is 4. The summed E-state index contributed by atoms with van der Waals surface area (Å²) >= 11 is 0. The molecule has 0 radical (unpaired) electrons. The lowest BCUT2D eigenvalue weighted by Gasteiger charge is -2.13. The predicted molar refractivity (Wildman–Crippen MR) is 124 cm³/mol. The van der Waals surface area contributed by atoms with Gasteiger partial charge in [-0.15, -0.1) is 0 Å². The molecule has 0 bridgehead atoms. The Balaban J connectivity index is 0.000000638. The molecule has 11 nitrogen and oxygen atoms in total. The van der Waals surface area contributed by atoms with Gasteiger partial charge in [0.1, 0.15) is 18.0 Å². The molecule has 18 heteroatoms. The molecule has 1 heterocycles. The zero-order valence-corrected chi connectivity index (χ0v) is 20.8. The molecule has 0 atom stereocenters. The van der Waals surface area contributed by atoms with E-state index in [1.165, 1.54) is 31.3 Å². The predicted octanol–water partition coefficient (Wildman–Crippen LogP) is 3.19. The third-order valence-corrected chi connectivity index (χ3v) is 6.86. The van der Waals surface area contributed by atoms with Crippen molar-refractivity contribution in [3.05, 3.63) is 60.4 Å². The molecule has 38 heavy (non-hydrogen) atoms. The second-order valence-electron chi connectivity index (χ2n) is 7.11. The van der Waals surface area contributed by atoms with Crippen LogP contribution in [0.4, 0.5) is 45.0 Å². The molecule has 1 aromatic heterocycles. The summed E-state index contributed by atoms with van der Waals surface area (Å²) in [5.74, 6) is -4.47. The number of halogens is 5. The topological polar surface area (TPSA) is 167 Å². The van der Waals surface area contributed by atoms with Gasteiger partial charge in [-0.3, -0.25) is 0 Å². The Bertz CT molecular complexity index is 1550. The Labute approximate surface area is 212 Å². The summed E-state index contributed by atoms with van der Waals surface area (Å²) in [5, 5.41) is 12.7. The van der Waals surface area contributed by atoms with Crippen LogP contribution in [-0.2, 0) is 24.7 Å². The number of nitrogens with zero attached hydrogens (tertiary/aromatic N) is 2. The van der Waals surface area contributed by atoms with Gasteiger partial charge in [-0.1, -0.05) is 0 Å². The number of rotatable bonds is 7. The monoisotopic (exact) mass is 583 g/mol. The summed E-state index contributed by atoms with van der Waals surface area (Å²) in [4.78, 5) is 16.6. The summed E-state index contributed by atoms with van der Waals surface area (Å²) in [6.07, 6.45) is -2.95. The average Bonchev–Trinajstić information content (AvgIpc) is 2.81. The van der Waals surface area contributed by atoms with E-state index in [0.29, 0.717) is 0 Å². The van der Waals surface area contributed by atoms with E-state index in [-0.39, 0.29) is 32.8 Å². The van der Waals surface area contributed by atoms with E-state index < -0.39 is 43.6 Å². The summed E-state index contributed by atoms with van der Waals surface area (Å²) in [6.45, 7) is 0. The van der Waals surface area contributed by atoms with Gasteiger partial charge < -0.3 is 15.7 Å². The zero-order valence-electron chi connectivity index (χ0n) is 19.2. The maximum absolute atomic E-state index is 13.4. The summed E-state index contributed by atoms with van der Waals surface area (Å²) < 4.78 is 109. The maximum Gasteiger partial charge on any atom is 0.490 e. The standard InChI is InChI=1S/C18H17F2N5O4S2.C2HF3O2/c1-21-31(28,29)12-4-6-16(30(2,26)27)15(8-12)25-18-9-17(22-10-23-18)24-11-3-5-13(19)14(20)7-11;3-2(4,5)1(6)7/h3-10,21H,1-2H3,(H2,22,23,24,25);(H,6,7). The molecule has 0 aliphatic rings. The maximum atomic E-state index is 13.4. The highest BCUT2D eigenvalue weighted by atomic mass is 32.2. The van der Waals surface area contributed by atoms with Gasteiger partial charge in [-0.05, 0) is 37.4 Å². The Kier molecular flexibility index (Phi) is 9.30. The first kappa shape index (κ1) is 30.3. The lowest BCUT2D eigenvalue weighted by molar-refractivity contribution is -0.192. The number of alkyl halides is 3. The van der Waals surface area contributed by atoms with Crippen LogP contribution in [-0.4, -0.2) is 57.4 Å². The number of aromatic nitrogens is 2. The Hall–Kier alpha value is -3.90. The molecule has 0 aliphatic carbocycles. The highest BCUT2D eigenvalue weighted by Gasteiger charge is 2.38. The largest absolute Gasteiger partial charge is 0.490 e. The third-order valence-electron chi connectivity index (χ3n) is 4.29. The van der Waals surface area contributed by atoms with Crippen LogP contribution in [0.5, 0.6) is 0 Å². The van der Waals surface area contributed by atoms with Gasteiger partial charge in [0.05, 0.1) is 15.5 Å². The average molecular weight is 584 g/mol. The molecule has 0 unspecified atom stereocenters. The first-order valence-electron chi connectivity index (χ1n) is 9.83. The van der Waals surface area contributed by atoms with Crippen LogP contribution in [0.2, 0.25) is 0 Å². The van der Waals surface area contributed by atoms with Gasteiger partial charge in [-0.2, -0.15) is 13.2 Å². The van der Waals surface area contributed by atoms with Crippen LogP contribution < -0.4 is 15.4 Å². The van der Waals surface area contributed by atoms with Crippen LogP contribution >= 0.6 is 0 Å². The van der Waals surface area contributed by atoms with Crippen LogP contribution in [0.1, 0.15) is 0 Å². The van der Waals surface area contributed by atoms with Gasteiger partial charge in [0.15, 0.2) is 21.5 Å². The Morgan fingerprint density at radius 2 is 1.47 bits per heavy atom.